The van der Waals surface area contributed by atoms with Crippen molar-refractivity contribution in [2.75, 3.05) is 0 Å². The number of rotatable bonds is 1. The average molecular weight is 349 g/mol. The molecule has 0 atom stereocenters. The number of hydrogen-bond acceptors (Lipinski definition) is 1. The third-order valence-electron chi connectivity index (χ3n) is 5.88. The largest absolute Gasteiger partial charge is 0.247 e. The highest BCUT2D eigenvalue weighted by Crippen LogP contribution is 2.53. The molecule has 132 valence electrons. The normalized spacial score (nSPS) is 14.2. The quantitative estimate of drug-likeness (QED) is 0.367. The van der Waals surface area contributed by atoms with Crippen molar-refractivity contribution in [2.45, 2.75) is 33.1 Å². The van der Waals surface area contributed by atoms with Crippen LogP contribution in [0.15, 0.2) is 66.7 Å². The molecule has 0 N–H and O–H groups in total. The minimum atomic E-state index is -0.0735. The minimum Gasteiger partial charge on any atom is -0.247 e. The monoisotopic (exact) mass is 349 g/mol. The summed E-state index contributed by atoms with van der Waals surface area (Å²) in [5, 5.41) is 1.25. The molecule has 1 aliphatic carbocycles. The molecule has 5 rings (SSSR count). The Kier molecular flexibility index (Phi) is 3.33. The highest BCUT2D eigenvalue weighted by molar-refractivity contribution is 6.03. The summed E-state index contributed by atoms with van der Waals surface area (Å²) in [5.74, 6) is 0. The summed E-state index contributed by atoms with van der Waals surface area (Å²) in [6.45, 7) is 9.00. The van der Waals surface area contributed by atoms with Gasteiger partial charge < -0.3 is 0 Å². The van der Waals surface area contributed by atoms with Gasteiger partial charge in [0.05, 0.1) is 11.2 Å². The molecule has 1 heterocycles. The van der Waals surface area contributed by atoms with Gasteiger partial charge in [0.1, 0.15) is 0 Å². The number of para-hydroxylation sites is 1. The zero-order chi connectivity index (χ0) is 18.8. The molecule has 0 amide bonds. The number of hydrogen-bond donors (Lipinski definition) is 0. The highest BCUT2D eigenvalue weighted by Gasteiger charge is 2.39. The van der Waals surface area contributed by atoms with Gasteiger partial charge in [-0.1, -0.05) is 73.5 Å². The van der Waals surface area contributed by atoms with Crippen molar-refractivity contribution in [3.8, 4) is 22.4 Å². The maximum Gasteiger partial charge on any atom is 0.0756 e. The second-order valence-corrected chi connectivity index (χ2v) is 8.27. The van der Waals surface area contributed by atoms with E-state index in [0.717, 1.165) is 11.2 Å². The predicted molar refractivity (Wildman–Crippen MR) is 114 cm³/mol. The van der Waals surface area contributed by atoms with Crippen LogP contribution in [0.5, 0.6) is 0 Å². The fraction of sp³-hybridized carbons (Fsp3) is 0.192. The van der Waals surface area contributed by atoms with E-state index in [-0.39, 0.29) is 5.41 Å². The average Bonchev–Trinajstić information content (AvgIpc) is 2.89. The lowest BCUT2D eigenvalue weighted by molar-refractivity contribution is 0.660. The molecule has 0 radical (unpaired) electrons. The first-order valence-electron chi connectivity index (χ1n) is 9.58. The molecule has 4 aromatic rings. The van der Waals surface area contributed by atoms with Crippen LogP contribution in [0.1, 0.15) is 36.1 Å². The number of benzene rings is 3. The third kappa shape index (κ3) is 2.28. The lowest BCUT2D eigenvalue weighted by atomic mass is 9.80. The van der Waals surface area contributed by atoms with Crippen molar-refractivity contribution in [2.24, 2.45) is 0 Å². The molecule has 0 aliphatic heterocycles. The summed E-state index contributed by atoms with van der Waals surface area (Å²) in [5.41, 5.74) is 11.3. The van der Waals surface area contributed by atoms with Crippen molar-refractivity contribution in [1.29, 1.82) is 0 Å². The lowest BCUT2D eigenvalue weighted by Crippen LogP contribution is -2.17. The van der Waals surface area contributed by atoms with E-state index in [9.17, 15) is 0 Å². The Bertz CT molecular complexity index is 1190. The Balaban J connectivity index is 1.98. The van der Waals surface area contributed by atoms with Crippen LogP contribution in [0.25, 0.3) is 33.3 Å². The van der Waals surface area contributed by atoms with Gasteiger partial charge in [-0.05, 0) is 54.3 Å². The van der Waals surface area contributed by atoms with Crippen molar-refractivity contribution in [1.82, 2.24) is 4.98 Å². The maximum absolute atomic E-state index is 5.18. The van der Waals surface area contributed by atoms with Crippen LogP contribution in [0, 0.1) is 13.8 Å². The molecular formula is C26H23N. The van der Waals surface area contributed by atoms with Crippen molar-refractivity contribution in [3.05, 3.63) is 89.0 Å². The van der Waals surface area contributed by atoms with Gasteiger partial charge in [0, 0.05) is 16.4 Å². The smallest absolute Gasteiger partial charge is 0.0756 e. The van der Waals surface area contributed by atoms with E-state index in [0.29, 0.717) is 0 Å². The van der Waals surface area contributed by atoms with Gasteiger partial charge in [-0.3, -0.25) is 0 Å². The molecule has 1 aliphatic rings. The number of nitrogens with zero attached hydrogens (tertiary/aromatic N) is 1. The third-order valence-corrected chi connectivity index (χ3v) is 5.88. The molecule has 0 spiro atoms. The fourth-order valence-electron chi connectivity index (χ4n) is 4.80. The molecule has 27 heavy (non-hydrogen) atoms. The van der Waals surface area contributed by atoms with E-state index in [2.05, 4.69) is 94.4 Å². The van der Waals surface area contributed by atoms with Gasteiger partial charge in [-0.25, -0.2) is 4.98 Å². The molecular weight excluding hydrogens is 326 g/mol. The molecule has 0 saturated heterocycles. The molecule has 1 heteroatoms. The van der Waals surface area contributed by atoms with E-state index in [1.165, 1.54) is 44.3 Å². The molecule has 1 aromatic heterocycles. The molecule has 0 saturated carbocycles. The van der Waals surface area contributed by atoms with Crippen molar-refractivity contribution < 1.29 is 0 Å². The Morgan fingerprint density at radius 1 is 0.778 bits per heavy atom. The Labute approximate surface area is 160 Å². The summed E-state index contributed by atoms with van der Waals surface area (Å²) >= 11 is 0. The van der Waals surface area contributed by atoms with Crippen molar-refractivity contribution >= 4 is 10.9 Å². The van der Waals surface area contributed by atoms with Gasteiger partial charge in [0.25, 0.3) is 0 Å². The SMILES string of the molecule is Cc1cc(C)cc(-c2nc3ccccc3c3c2C(C)(C)c2ccccc2-3)c1. The zero-order valence-corrected chi connectivity index (χ0v) is 16.3. The van der Waals surface area contributed by atoms with E-state index >= 15 is 0 Å². The van der Waals surface area contributed by atoms with Gasteiger partial charge in [0.15, 0.2) is 0 Å². The summed E-state index contributed by atoms with van der Waals surface area (Å²) in [7, 11) is 0. The van der Waals surface area contributed by atoms with Gasteiger partial charge in [-0.2, -0.15) is 0 Å². The van der Waals surface area contributed by atoms with Gasteiger partial charge >= 0.3 is 0 Å². The molecule has 0 bridgehead atoms. The lowest BCUT2D eigenvalue weighted by Gasteiger charge is -2.24. The Morgan fingerprint density at radius 3 is 2.22 bits per heavy atom. The van der Waals surface area contributed by atoms with E-state index < -0.39 is 0 Å². The molecule has 3 aromatic carbocycles. The van der Waals surface area contributed by atoms with Crippen LogP contribution in [-0.4, -0.2) is 4.98 Å². The number of pyridine rings is 1. The predicted octanol–water partition coefficient (Wildman–Crippen LogP) is 6.82. The van der Waals surface area contributed by atoms with Crippen LogP contribution >= 0.6 is 0 Å². The van der Waals surface area contributed by atoms with E-state index in [1.807, 2.05) is 0 Å². The summed E-state index contributed by atoms with van der Waals surface area (Å²) < 4.78 is 0. The number of fused-ring (bicyclic) bond motifs is 5. The van der Waals surface area contributed by atoms with Gasteiger partial charge in [-0.15, -0.1) is 0 Å². The molecule has 0 unspecified atom stereocenters. The maximum atomic E-state index is 5.18. The number of aryl methyl sites for hydroxylation is 2. The van der Waals surface area contributed by atoms with Crippen LogP contribution in [0.3, 0.4) is 0 Å². The highest BCUT2D eigenvalue weighted by atomic mass is 14.7. The van der Waals surface area contributed by atoms with E-state index in [4.69, 9.17) is 4.98 Å². The van der Waals surface area contributed by atoms with Crippen molar-refractivity contribution in [3.63, 3.8) is 0 Å². The second-order valence-electron chi connectivity index (χ2n) is 8.27. The summed E-state index contributed by atoms with van der Waals surface area (Å²) in [4.78, 5) is 5.18. The van der Waals surface area contributed by atoms with Crippen LogP contribution in [-0.2, 0) is 5.41 Å². The number of aromatic nitrogens is 1. The topological polar surface area (TPSA) is 12.9 Å². The van der Waals surface area contributed by atoms with Crippen LogP contribution in [0.4, 0.5) is 0 Å². The summed E-state index contributed by atoms with van der Waals surface area (Å²) in [6.07, 6.45) is 0. The van der Waals surface area contributed by atoms with E-state index in [1.54, 1.807) is 0 Å². The zero-order valence-electron chi connectivity index (χ0n) is 16.3. The van der Waals surface area contributed by atoms with Crippen LogP contribution in [0.2, 0.25) is 0 Å². The Morgan fingerprint density at radius 2 is 1.44 bits per heavy atom. The second kappa shape index (κ2) is 5.53. The first-order valence-corrected chi connectivity index (χ1v) is 9.58. The summed E-state index contributed by atoms with van der Waals surface area (Å²) in [6, 6.07) is 24.1. The fourth-order valence-corrected chi connectivity index (χ4v) is 4.80. The van der Waals surface area contributed by atoms with Gasteiger partial charge in [0.2, 0.25) is 0 Å². The molecule has 0 fully saturated rings. The first-order chi connectivity index (χ1) is 13.0. The standard InChI is InChI=1S/C26H23N/c1-16-13-17(2)15-18(14-16)25-24-23(20-10-6-8-12-22(20)27-25)19-9-5-7-11-21(19)26(24,3)4/h5-15H,1-4H3. The minimum absolute atomic E-state index is 0.0735. The Hall–Kier alpha value is -2.93. The first kappa shape index (κ1) is 16.3. The molecule has 1 nitrogen and oxygen atoms in total. The van der Waals surface area contributed by atoms with Crippen LogP contribution < -0.4 is 0 Å².